The van der Waals surface area contributed by atoms with Crippen molar-refractivity contribution in [3.8, 4) is 0 Å². The van der Waals surface area contributed by atoms with E-state index in [1.54, 1.807) is 0 Å². The fraction of sp³-hybridized carbons (Fsp3) is 1.00. The van der Waals surface area contributed by atoms with E-state index < -0.39 is 0 Å². The molecule has 2 nitrogen and oxygen atoms in total. The van der Waals surface area contributed by atoms with Crippen molar-refractivity contribution in [2.45, 2.75) is 46.0 Å². The van der Waals surface area contributed by atoms with Gasteiger partial charge in [-0.15, -0.1) is 0 Å². The summed E-state index contributed by atoms with van der Waals surface area (Å²) in [7, 11) is 2.25. The molecule has 0 unspecified atom stereocenters. The van der Waals surface area contributed by atoms with Crippen molar-refractivity contribution in [2.75, 3.05) is 33.2 Å². The minimum absolute atomic E-state index is 0.583. The third kappa shape index (κ3) is 4.12. The van der Waals surface area contributed by atoms with Gasteiger partial charge in [0.2, 0.25) is 0 Å². The number of nitrogens with zero attached hydrogens (tertiary/aromatic N) is 1. The third-order valence-electron chi connectivity index (χ3n) is 3.74. The fourth-order valence-corrected chi connectivity index (χ4v) is 2.73. The van der Waals surface area contributed by atoms with Gasteiger partial charge in [0.05, 0.1) is 0 Å². The topological polar surface area (TPSA) is 15.3 Å². The summed E-state index contributed by atoms with van der Waals surface area (Å²) in [5.74, 6) is 0. The highest BCUT2D eigenvalue weighted by atomic mass is 15.1. The van der Waals surface area contributed by atoms with E-state index in [0.29, 0.717) is 5.41 Å². The largest absolute Gasteiger partial charge is 0.316 e. The quantitative estimate of drug-likeness (QED) is 0.652. The lowest BCUT2D eigenvalue weighted by Gasteiger charge is -2.33. The Hall–Kier alpha value is -0.0800. The molecule has 0 heterocycles. The highest BCUT2D eigenvalue weighted by molar-refractivity contribution is 4.88. The molecule has 0 atom stereocenters. The van der Waals surface area contributed by atoms with Gasteiger partial charge < -0.3 is 10.2 Å². The molecule has 0 aromatic rings. The van der Waals surface area contributed by atoms with Crippen molar-refractivity contribution < 1.29 is 0 Å². The Balaban J connectivity index is 2.39. The molecule has 2 heteroatoms. The summed E-state index contributed by atoms with van der Waals surface area (Å²) in [6.45, 7) is 9.35. The molecule has 0 radical (unpaired) electrons. The molecule has 1 fully saturated rings. The minimum Gasteiger partial charge on any atom is -0.316 e. The molecule has 0 amide bonds. The first kappa shape index (κ1) is 13.0. The Morgan fingerprint density at radius 2 is 1.87 bits per heavy atom. The number of rotatable bonds is 7. The standard InChI is InChI=1S/C13H28N2/c1-4-10-14-11-13(8-6-7-9-13)12-15(3)5-2/h14H,4-12H2,1-3H3. The molecule has 1 N–H and O–H groups in total. The Morgan fingerprint density at radius 3 is 2.40 bits per heavy atom. The maximum absolute atomic E-state index is 3.62. The molecule has 0 spiro atoms. The summed E-state index contributed by atoms with van der Waals surface area (Å²) >= 11 is 0. The molecule has 0 aliphatic heterocycles. The summed E-state index contributed by atoms with van der Waals surface area (Å²) in [6.07, 6.45) is 6.97. The summed E-state index contributed by atoms with van der Waals surface area (Å²) in [5, 5.41) is 3.62. The van der Waals surface area contributed by atoms with Gasteiger partial charge in [-0.3, -0.25) is 0 Å². The first-order valence-electron chi connectivity index (χ1n) is 6.62. The average molecular weight is 212 g/mol. The van der Waals surface area contributed by atoms with Crippen molar-refractivity contribution in [1.82, 2.24) is 10.2 Å². The minimum atomic E-state index is 0.583. The Bertz CT molecular complexity index is 162. The van der Waals surface area contributed by atoms with E-state index in [0.717, 1.165) is 0 Å². The van der Waals surface area contributed by atoms with Crippen LogP contribution in [-0.4, -0.2) is 38.1 Å². The molecule has 1 saturated carbocycles. The maximum Gasteiger partial charge on any atom is 0.00470 e. The van der Waals surface area contributed by atoms with Crippen molar-refractivity contribution >= 4 is 0 Å². The van der Waals surface area contributed by atoms with Crippen LogP contribution in [0.25, 0.3) is 0 Å². The van der Waals surface area contributed by atoms with Gasteiger partial charge in [0.25, 0.3) is 0 Å². The van der Waals surface area contributed by atoms with E-state index in [-0.39, 0.29) is 0 Å². The molecule has 1 rings (SSSR count). The molecular weight excluding hydrogens is 184 g/mol. The van der Waals surface area contributed by atoms with Crippen LogP contribution in [0.4, 0.5) is 0 Å². The van der Waals surface area contributed by atoms with E-state index in [1.807, 2.05) is 0 Å². The fourth-order valence-electron chi connectivity index (χ4n) is 2.73. The summed E-state index contributed by atoms with van der Waals surface area (Å²) in [6, 6.07) is 0. The second-order valence-corrected chi connectivity index (χ2v) is 5.21. The average Bonchev–Trinajstić information content (AvgIpc) is 2.67. The molecule has 90 valence electrons. The Labute approximate surface area is 95.4 Å². The van der Waals surface area contributed by atoms with Gasteiger partial charge in [-0.05, 0) is 44.8 Å². The van der Waals surface area contributed by atoms with Gasteiger partial charge in [0, 0.05) is 13.1 Å². The molecule has 1 aliphatic carbocycles. The Kier molecular flexibility index (Phi) is 5.62. The monoisotopic (exact) mass is 212 g/mol. The maximum atomic E-state index is 3.62. The van der Waals surface area contributed by atoms with E-state index >= 15 is 0 Å². The summed E-state index contributed by atoms with van der Waals surface area (Å²) < 4.78 is 0. The molecule has 0 aromatic carbocycles. The molecule has 0 bridgehead atoms. The first-order valence-corrected chi connectivity index (χ1v) is 6.62. The lowest BCUT2D eigenvalue weighted by Crippen LogP contribution is -2.41. The van der Waals surface area contributed by atoms with Gasteiger partial charge in [-0.2, -0.15) is 0 Å². The van der Waals surface area contributed by atoms with E-state index in [9.17, 15) is 0 Å². The number of nitrogens with one attached hydrogen (secondary N) is 1. The molecular formula is C13H28N2. The van der Waals surface area contributed by atoms with Crippen LogP contribution in [-0.2, 0) is 0 Å². The van der Waals surface area contributed by atoms with Crippen LogP contribution in [0, 0.1) is 5.41 Å². The van der Waals surface area contributed by atoms with Crippen molar-refractivity contribution in [1.29, 1.82) is 0 Å². The molecule has 0 aromatic heterocycles. The smallest absolute Gasteiger partial charge is 0.00470 e. The normalized spacial score (nSPS) is 20.0. The van der Waals surface area contributed by atoms with Gasteiger partial charge in [-0.25, -0.2) is 0 Å². The van der Waals surface area contributed by atoms with Gasteiger partial charge in [-0.1, -0.05) is 26.7 Å². The second-order valence-electron chi connectivity index (χ2n) is 5.21. The van der Waals surface area contributed by atoms with Crippen molar-refractivity contribution in [3.05, 3.63) is 0 Å². The zero-order valence-electron chi connectivity index (χ0n) is 10.8. The SMILES string of the molecule is CCCNCC1(CN(C)CC)CCCC1. The van der Waals surface area contributed by atoms with Crippen LogP contribution in [0.15, 0.2) is 0 Å². The number of hydrogen-bond acceptors (Lipinski definition) is 2. The molecule has 0 saturated heterocycles. The van der Waals surface area contributed by atoms with Gasteiger partial charge in [0.1, 0.15) is 0 Å². The molecule has 1 aliphatic rings. The van der Waals surface area contributed by atoms with E-state index in [4.69, 9.17) is 0 Å². The van der Waals surface area contributed by atoms with Crippen molar-refractivity contribution in [2.24, 2.45) is 5.41 Å². The van der Waals surface area contributed by atoms with Crippen molar-refractivity contribution in [3.63, 3.8) is 0 Å². The zero-order valence-corrected chi connectivity index (χ0v) is 10.8. The summed E-state index contributed by atoms with van der Waals surface area (Å²) in [5.41, 5.74) is 0.583. The van der Waals surface area contributed by atoms with Crippen LogP contribution in [0.2, 0.25) is 0 Å². The Morgan fingerprint density at radius 1 is 1.20 bits per heavy atom. The predicted molar refractivity (Wildman–Crippen MR) is 67.2 cm³/mol. The van der Waals surface area contributed by atoms with E-state index in [2.05, 4.69) is 31.1 Å². The van der Waals surface area contributed by atoms with Gasteiger partial charge in [0.15, 0.2) is 0 Å². The highest BCUT2D eigenvalue weighted by Crippen LogP contribution is 2.38. The van der Waals surface area contributed by atoms with Crippen LogP contribution in [0.5, 0.6) is 0 Å². The lowest BCUT2D eigenvalue weighted by atomic mass is 9.85. The van der Waals surface area contributed by atoms with Crippen LogP contribution in [0.3, 0.4) is 0 Å². The first-order chi connectivity index (χ1) is 7.22. The predicted octanol–water partition coefficient (Wildman–Crippen LogP) is 2.50. The highest BCUT2D eigenvalue weighted by Gasteiger charge is 2.33. The van der Waals surface area contributed by atoms with Crippen LogP contribution >= 0.6 is 0 Å². The number of hydrogen-bond donors (Lipinski definition) is 1. The van der Waals surface area contributed by atoms with Crippen LogP contribution in [0.1, 0.15) is 46.0 Å². The second kappa shape index (κ2) is 6.49. The lowest BCUT2D eigenvalue weighted by molar-refractivity contribution is 0.178. The third-order valence-corrected chi connectivity index (χ3v) is 3.74. The van der Waals surface area contributed by atoms with Crippen LogP contribution < -0.4 is 5.32 Å². The molecule has 15 heavy (non-hydrogen) atoms. The van der Waals surface area contributed by atoms with E-state index in [1.165, 1.54) is 58.3 Å². The zero-order chi connectivity index (χ0) is 11.1. The van der Waals surface area contributed by atoms with Gasteiger partial charge >= 0.3 is 0 Å². The summed E-state index contributed by atoms with van der Waals surface area (Å²) in [4.78, 5) is 2.47.